The van der Waals surface area contributed by atoms with Crippen LogP contribution in [0.2, 0.25) is 0 Å². The summed E-state index contributed by atoms with van der Waals surface area (Å²) >= 11 is 0. The number of benzene rings is 3. The molecule has 0 saturated carbocycles. The molecule has 146 valence electrons. The van der Waals surface area contributed by atoms with Crippen molar-refractivity contribution in [1.29, 1.82) is 0 Å². The third kappa shape index (κ3) is 3.64. The zero-order chi connectivity index (χ0) is 20.6. The first-order valence-corrected chi connectivity index (χ1v) is 10.1. The molecule has 0 spiro atoms. The van der Waals surface area contributed by atoms with Crippen LogP contribution >= 0.6 is 0 Å². The van der Waals surface area contributed by atoms with E-state index in [1.165, 1.54) is 44.5 Å². The standard InChI is InChI=1S/C26H32N2/c1-15(2)21-11-12-22(16(3)4)26(24-10-8-20(28)14-18(24)6)25(21)23-9-7-19(27)13-17(23)5/h7-16H,27-28H2,1-6H3. The first kappa shape index (κ1) is 20.0. The van der Waals surface area contributed by atoms with E-state index in [4.69, 9.17) is 11.5 Å². The second kappa shape index (κ2) is 7.71. The normalized spacial score (nSPS) is 11.4. The van der Waals surface area contributed by atoms with Crippen LogP contribution in [0.25, 0.3) is 22.3 Å². The van der Waals surface area contributed by atoms with Crippen molar-refractivity contribution in [2.75, 3.05) is 11.5 Å². The van der Waals surface area contributed by atoms with Gasteiger partial charge in [-0.25, -0.2) is 0 Å². The molecule has 0 amide bonds. The van der Waals surface area contributed by atoms with Gasteiger partial charge in [0.05, 0.1) is 0 Å². The number of aryl methyl sites for hydroxylation is 2. The lowest BCUT2D eigenvalue weighted by atomic mass is 9.79. The number of hydrogen-bond acceptors (Lipinski definition) is 2. The molecule has 0 unspecified atom stereocenters. The molecule has 3 rings (SSSR count). The predicted molar refractivity (Wildman–Crippen MR) is 124 cm³/mol. The van der Waals surface area contributed by atoms with Crippen LogP contribution in [0.3, 0.4) is 0 Å². The summed E-state index contributed by atoms with van der Waals surface area (Å²) in [6, 6.07) is 17.1. The Labute approximate surface area is 169 Å². The third-order valence-electron chi connectivity index (χ3n) is 5.55. The largest absolute Gasteiger partial charge is 0.399 e. The van der Waals surface area contributed by atoms with Crippen LogP contribution in [0, 0.1) is 13.8 Å². The molecule has 2 nitrogen and oxygen atoms in total. The Hall–Kier alpha value is -2.74. The molecular formula is C26H32N2. The van der Waals surface area contributed by atoms with Gasteiger partial charge in [0.1, 0.15) is 0 Å². The summed E-state index contributed by atoms with van der Waals surface area (Å²) in [6.07, 6.45) is 0. The molecule has 0 aliphatic heterocycles. The molecule has 0 heterocycles. The monoisotopic (exact) mass is 372 g/mol. The van der Waals surface area contributed by atoms with Crippen LogP contribution in [0.5, 0.6) is 0 Å². The number of hydrogen-bond donors (Lipinski definition) is 2. The minimum atomic E-state index is 0.418. The average molecular weight is 373 g/mol. The Morgan fingerprint density at radius 3 is 1.21 bits per heavy atom. The predicted octanol–water partition coefficient (Wildman–Crippen LogP) is 7.05. The summed E-state index contributed by atoms with van der Waals surface area (Å²) in [7, 11) is 0. The van der Waals surface area contributed by atoms with Crippen molar-refractivity contribution in [2.24, 2.45) is 0 Å². The van der Waals surface area contributed by atoms with E-state index in [0.717, 1.165) is 11.4 Å². The van der Waals surface area contributed by atoms with Crippen molar-refractivity contribution in [3.8, 4) is 22.3 Å². The molecule has 3 aromatic carbocycles. The van der Waals surface area contributed by atoms with E-state index in [2.05, 4.69) is 77.9 Å². The summed E-state index contributed by atoms with van der Waals surface area (Å²) in [5.41, 5.74) is 24.0. The van der Waals surface area contributed by atoms with Gasteiger partial charge in [-0.05, 0) is 94.5 Å². The minimum Gasteiger partial charge on any atom is -0.399 e. The van der Waals surface area contributed by atoms with Crippen molar-refractivity contribution in [3.05, 3.63) is 70.8 Å². The Morgan fingerprint density at radius 1 is 0.571 bits per heavy atom. The van der Waals surface area contributed by atoms with Gasteiger partial charge >= 0.3 is 0 Å². The van der Waals surface area contributed by atoms with Crippen LogP contribution in [0.15, 0.2) is 48.5 Å². The van der Waals surface area contributed by atoms with Crippen molar-refractivity contribution < 1.29 is 0 Å². The lowest BCUT2D eigenvalue weighted by Crippen LogP contribution is -2.04. The lowest BCUT2D eigenvalue weighted by molar-refractivity contribution is 0.848. The maximum atomic E-state index is 6.06. The van der Waals surface area contributed by atoms with Crippen molar-refractivity contribution in [2.45, 2.75) is 53.4 Å². The van der Waals surface area contributed by atoms with Crippen molar-refractivity contribution >= 4 is 11.4 Å². The maximum absolute atomic E-state index is 6.06. The second-order valence-electron chi connectivity index (χ2n) is 8.45. The molecule has 3 aromatic rings. The summed E-state index contributed by atoms with van der Waals surface area (Å²) in [4.78, 5) is 0. The van der Waals surface area contributed by atoms with Gasteiger partial charge in [-0.15, -0.1) is 0 Å². The fourth-order valence-corrected chi connectivity index (χ4v) is 4.11. The van der Waals surface area contributed by atoms with E-state index in [1.807, 2.05) is 12.1 Å². The van der Waals surface area contributed by atoms with Crippen LogP contribution in [-0.2, 0) is 0 Å². The topological polar surface area (TPSA) is 52.0 Å². The van der Waals surface area contributed by atoms with Gasteiger partial charge in [-0.1, -0.05) is 52.0 Å². The van der Waals surface area contributed by atoms with Gasteiger partial charge in [0.15, 0.2) is 0 Å². The molecule has 0 atom stereocenters. The van der Waals surface area contributed by atoms with E-state index in [-0.39, 0.29) is 0 Å². The first-order chi connectivity index (χ1) is 13.2. The smallest absolute Gasteiger partial charge is 0.0317 e. The molecule has 0 saturated heterocycles. The summed E-state index contributed by atoms with van der Waals surface area (Å²) in [6.45, 7) is 13.4. The van der Waals surface area contributed by atoms with Gasteiger partial charge in [-0.3, -0.25) is 0 Å². The average Bonchev–Trinajstić information content (AvgIpc) is 2.61. The molecule has 0 aliphatic rings. The van der Waals surface area contributed by atoms with Crippen LogP contribution in [0.4, 0.5) is 11.4 Å². The highest BCUT2D eigenvalue weighted by atomic mass is 14.5. The highest BCUT2D eigenvalue weighted by Gasteiger charge is 2.22. The molecule has 2 heteroatoms. The van der Waals surface area contributed by atoms with Crippen LogP contribution < -0.4 is 11.5 Å². The van der Waals surface area contributed by atoms with Crippen molar-refractivity contribution in [1.82, 2.24) is 0 Å². The summed E-state index contributed by atoms with van der Waals surface area (Å²) in [5, 5.41) is 0. The van der Waals surface area contributed by atoms with E-state index < -0.39 is 0 Å². The van der Waals surface area contributed by atoms with Crippen LogP contribution in [0.1, 0.15) is 61.8 Å². The molecule has 4 N–H and O–H groups in total. The zero-order valence-corrected chi connectivity index (χ0v) is 17.9. The zero-order valence-electron chi connectivity index (χ0n) is 17.9. The summed E-state index contributed by atoms with van der Waals surface area (Å²) in [5.74, 6) is 0.835. The third-order valence-corrected chi connectivity index (χ3v) is 5.55. The van der Waals surface area contributed by atoms with Gasteiger partial charge in [-0.2, -0.15) is 0 Å². The number of nitrogens with two attached hydrogens (primary N) is 2. The number of nitrogen functional groups attached to an aromatic ring is 2. The molecule has 0 aliphatic carbocycles. The van der Waals surface area contributed by atoms with E-state index >= 15 is 0 Å². The minimum absolute atomic E-state index is 0.418. The molecule has 0 fully saturated rings. The Balaban J connectivity index is 2.48. The molecular weight excluding hydrogens is 340 g/mol. The molecule has 0 bridgehead atoms. The SMILES string of the molecule is Cc1cc(N)ccc1-c1c(C(C)C)ccc(C(C)C)c1-c1ccc(N)cc1C. The quantitative estimate of drug-likeness (QED) is 0.482. The van der Waals surface area contributed by atoms with Gasteiger partial charge < -0.3 is 11.5 Å². The fraction of sp³-hybridized carbons (Fsp3) is 0.308. The fourth-order valence-electron chi connectivity index (χ4n) is 4.11. The molecule has 28 heavy (non-hydrogen) atoms. The van der Waals surface area contributed by atoms with Gasteiger partial charge in [0.25, 0.3) is 0 Å². The van der Waals surface area contributed by atoms with Crippen LogP contribution in [-0.4, -0.2) is 0 Å². The maximum Gasteiger partial charge on any atom is 0.0317 e. The van der Waals surface area contributed by atoms with E-state index in [9.17, 15) is 0 Å². The Bertz CT molecular complexity index is 931. The van der Waals surface area contributed by atoms with Gasteiger partial charge in [0, 0.05) is 11.4 Å². The highest BCUT2D eigenvalue weighted by molar-refractivity contribution is 5.91. The first-order valence-electron chi connectivity index (χ1n) is 10.1. The Morgan fingerprint density at radius 2 is 0.929 bits per heavy atom. The summed E-state index contributed by atoms with van der Waals surface area (Å²) < 4.78 is 0. The lowest BCUT2D eigenvalue weighted by Gasteiger charge is -2.25. The Kier molecular flexibility index (Phi) is 5.51. The van der Waals surface area contributed by atoms with Gasteiger partial charge in [0.2, 0.25) is 0 Å². The molecule has 0 radical (unpaired) electrons. The number of rotatable bonds is 4. The number of anilines is 2. The highest BCUT2D eigenvalue weighted by Crippen LogP contribution is 2.45. The van der Waals surface area contributed by atoms with E-state index in [0.29, 0.717) is 11.8 Å². The second-order valence-corrected chi connectivity index (χ2v) is 8.45. The van der Waals surface area contributed by atoms with E-state index in [1.54, 1.807) is 0 Å². The molecule has 0 aromatic heterocycles. The van der Waals surface area contributed by atoms with Crippen molar-refractivity contribution in [3.63, 3.8) is 0 Å².